The number of rotatable bonds is 5. The molecule has 0 aromatic carbocycles. The molecule has 4 nitrogen and oxygen atoms in total. The molecule has 0 radical (unpaired) electrons. The van der Waals surface area contributed by atoms with E-state index in [0.717, 1.165) is 45.5 Å². The monoisotopic (exact) mass is 256 g/mol. The Balaban J connectivity index is 1.67. The molecule has 2 saturated heterocycles. The van der Waals surface area contributed by atoms with Crippen LogP contribution in [0.1, 0.15) is 32.1 Å². The summed E-state index contributed by atoms with van der Waals surface area (Å²) < 4.78 is 5.60. The maximum absolute atomic E-state index is 10.2. The Morgan fingerprint density at radius 1 is 1.33 bits per heavy atom. The summed E-state index contributed by atoms with van der Waals surface area (Å²) in [5, 5.41) is 10.2. The van der Waals surface area contributed by atoms with Gasteiger partial charge in [0.25, 0.3) is 0 Å². The third kappa shape index (κ3) is 4.19. The quantitative estimate of drug-likeness (QED) is 0.794. The Morgan fingerprint density at radius 3 is 2.89 bits per heavy atom. The fourth-order valence-electron chi connectivity index (χ4n) is 3.04. The van der Waals surface area contributed by atoms with Gasteiger partial charge < -0.3 is 19.6 Å². The number of hydrogen-bond donors (Lipinski definition) is 1. The van der Waals surface area contributed by atoms with Gasteiger partial charge in [-0.25, -0.2) is 0 Å². The second kappa shape index (κ2) is 6.85. The van der Waals surface area contributed by atoms with Crippen LogP contribution in [0, 0.1) is 0 Å². The Kier molecular flexibility index (Phi) is 5.42. The van der Waals surface area contributed by atoms with Crippen molar-refractivity contribution in [1.29, 1.82) is 0 Å². The van der Waals surface area contributed by atoms with Crippen molar-refractivity contribution in [3.05, 3.63) is 0 Å². The van der Waals surface area contributed by atoms with Crippen LogP contribution in [0.3, 0.4) is 0 Å². The summed E-state index contributed by atoms with van der Waals surface area (Å²) in [5.41, 5.74) is 0. The number of ether oxygens (including phenoxy) is 1. The standard InChI is InChI=1S/C14H28N2O2/c1-15-7-8-16(2)12(11-15)10-13(17)5-6-14-4-3-9-18-14/h12-14,17H,3-11H2,1-2H3. The molecule has 0 bridgehead atoms. The molecule has 0 amide bonds. The zero-order valence-corrected chi connectivity index (χ0v) is 11.8. The van der Waals surface area contributed by atoms with Crippen molar-refractivity contribution in [2.75, 3.05) is 40.3 Å². The van der Waals surface area contributed by atoms with Crippen molar-refractivity contribution in [3.8, 4) is 0 Å². The van der Waals surface area contributed by atoms with Crippen molar-refractivity contribution in [2.45, 2.75) is 50.4 Å². The molecule has 4 heteroatoms. The van der Waals surface area contributed by atoms with Crippen LogP contribution in [-0.2, 0) is 4.74 Å². The minimum atomic E-state index is -0.173. The maximum atomic E-state index is 10.2. The van der Waals surface area contributed by atoms with Crippen molar-refractivity contribution in [2.24, 2.45) is 0 Å². The molecule has 2 rings (SSSR count). The summed E-state index contributed by atoms with van der Waals surface area (Å²) in [7, 11) is 4.34. The van der Waals surface area contributed by atoms with Crippen LogP contribution < -0.4 is 0 Å². The molecular formula is C14H28N2O2. The fraction of sp³-hybridized carbons (Fsp3) is 1.00. The average molecular weight is 256 g/mol. The van der Waals surface area contributed by atoms with E-state index in [1.54, 1.807) is 0 Å². The number of likely N-dealkylation sites (N-methyl/N-ethyl adjacent to an activating group) is 2. The van der Waals surface area contributed by atoms with E-state index >= 15 is 0 Å². The van der Waals surface area contributed by atoms with E-state index in [1.165, 1.54) is 12.8 Å². The number of aliphatic hydroxyl groups excluding tert-OH is 1. The van der Waals surface area contributed by atoms with Gasteiger partial charge in [0.15, 0.2) is 0 Å². The molecule has 0 aromatic rings. The van der Waals surface area contributed by atoms with Crippen LogP contribution in [0.5, 0.6) is 0 Å². The van der Waals surface area contributed by atoms with Gasteiger partial charge in [0.05, 0.1) is 12.2 Å². The van der Waals surface area contributed by atoms with Crippen molar-refractivity contribution in [3.63, 3.8) is 0 Å². The molecule has 106 valence electrons. The third-order valence-electron chi connectivity index (χ3n) is 4.37. The lowest BCUT2D eigenvalue weighted by Crippen LogP contribution is -2.51. The van der Waals surface area contributed by atoms with Gasteiger partial charge in [0, 0.05) is 32.3 Å². The van der Waals surface area contributed by atoms with E-state index in [4.69, 9.17) is 4.74 Å². The minimum absolute atomic E-state index is 0.173. The number of piperazine rings is 1. The first-order valence-corrected chi connectivity index (χ1v) is 7.33. The Bertz CT molecular complexity index is 244. The highest BCUT2D eigenvalue weighted by Gasteiger charge is 2.25. The molecule has 2 aliphatic rings. The molecule has 0 spiro atoms. The van der Waals surface area contributed by atoms with Crippen LogP contribution in [0.4, 0.5) is 0 Å². The lowest BCUT2D eigenvalue weighted by atomic mass is 10.00. The first-order chi connectivity index (χ1) is 8.65. The molecule has 0 aromatic heterocycles. The summed E-state index contributed by atoms with van der Waals surface area (Å²) in [5.74, 6) is 0. The van der Waals surface area contributed by atoms with Crippen molar-refractivity contribution < 1.29 is 9.84 Å². The molecule has 2 aliphatic heterocycles. The normalized spacial score (nSPS) is 32.8. The van der Waals surface area contributed by atoms with Crippen LogP contribution in [0.15, 0.2) is 0 Å². The van der Waals surface area contributed by atoms with Crippen molar-refractivity contribution in [1.82, 2.24) is 9.80 Å². The first kappa shape index (κ1) is 14.3. The molecule has 3 atom stereocenters. The smallest absolute Gasteiger partial charge is 0.0577 e. The molecule has 1 N–H and O–H groups in total. The van der Waals surface area contributed by atoms with E-state index in [-0.39, 0.29) is 6.10 Å². The van der Waals surface area contributed by atoms with E-state index in [2.05, 4.69) is 23.9 Å². The SMILES string of the molecule is CN1CCN(C)C(CC(O)CCC2CCCO2)C1. The van der Waals surface area contributed by atoms with Crippen LogP contribution >= 0.6 is 0 Å². The van der Waals surface area contributed by atoms with Gasteiger partial charge in [-0.2, -0.15) is 0 Å². The maximum Gasteiger partial charge on any atom is 0.0577 e. The predicted molar refractivity (Wildman–Crippen MR) is 72.7 cm³/mol. The van der Waals surface area contributed by atoms with Crippen LogP contribution in [0.2, 0.25) is 0 Å². The molecule has 2 fully saturated rings. The summed E-state index contributed by atoms with van der Waals surface area (Å²) >= 11 is 0. The second-order valence-electron chi connectivity index (χ2n) is 6.00. The molecular weight excluding hydrogens is 228 g/mol. The van der Waals surface area contributed by atoms with E-state index in [9.17, 15) is 5.11 Å². The largest absolute Gasteiger partial charge is 0.393 e. The molecule has 3 unspecified atom stereocenters. The zero-order valence-electron chi connectivity index (χ0n) is 11.8. The van der Waals surface area contributed by atoms with Gasteiger partial charge >= 0.3 is 0 Å². The first-order valence-electron chi connectivity index (χ1n) is 7.33. The van der Waals surface area contributed by atoms with Crippen LogP contribution in [-0.4, -0.2) is 73.5 Å². The minimum Gasteiger partial charge on any atom is -0.393 e. The summed E-state index contributed by atoms with van der Waals surface area (Å²) in [6.45, 7) is 4.24. The highest BCUT2D eigenvalue weighted by atomic mass is 16.5. The highest BCUT2D eigenvalue weighted by Crippen LogP contribution is 2.20. The second-order valence-corrected chi connectivity index (χ2v) is 6.00. The van der Waals surface area contributed by atoms with Gasteiger partial charge in [0.1, 0.15) is 0 Å². The van der Waals surface area contributed by atoms with Crippen LogP contribution in [0.25, 0.3) is 0 Å². The van der Waals surface area contributed by atoms with Gasteiger partial charge in [-0.15, -0.1) is 0 Å². The lowest BCUT2D eigenvalue weighted by molar-refractivity contribution is 0.0459. The van der Waals surface area contributed by atoms with Gasteiger partial charge in [-0.05, 0) is 46.2 Å². The highest BCUT2D eigenvalue weighted by molar-refractivity contribution is 4.81. The lowest BCUT2D eigenvalue weighted by Gasteiger charge is -2.38. The third-order valence-corrected chi connectivity index (χ3v) is 4.37. The topological polar surface area (TPSA) is 35.9 Å². The van der Waals surface area contributed by atoms with Gasteiger partial charge in [0.2, 0.25) is 0 Å². The predicted octanol–water partition coefficient (Wildman–Crippen LogP) is 0.942. The summed E-state index contributed by atoms with van der Waals surface area (Å²) in [6.07, 6.45) is 5.41. The number of aliphatic hydroxyl groups is 1. The molecule has 18 heavy (non-hydrogen) atoms. The summed E-state index contributed by atoms with van der Waals surface area (Å²) in [6, 6.07) is 0.503. The zero-order chi connectivity index (χ0) is 13.0. The number of hydrogen-bond acceptors (Lipinski definition) is 4. The summed E-state index contributed by atoms with van der Waals surface area (Å²) in [4.78, 5) is 4.74. The Hall–Kier alpha value is -0.160. The van der Waals surface area contributed by atoms with Gasteiger partial charge in [-0.1, -0.05) is 0 Å². The fourth-order valence-corrected chi connectivity index (χ4v) is 3.04. The van der Waals surface area contributed by atoms with Gasteiger partial charge in [-0.3, -0.25) is 0 Å². The van der Waals surface area contributed by atoms with E-state index in [1.807, 2.05) is 0 Å². The van der Waals surface area contributed by atoms with Crippen molar-refractivity contribution >= 4 is 0 Å². The molecule has 2 heterocycles. The molecule has 0 aliphatic carbocycles. The van der Waals surface area contributed by atoms with E-state index < -0.39 is 0 Å². The average Bonchev–Trinajstić information content (AvgIpc) is 2.84. The van der Waals surface area contributed by atoms with E-state index in [0.29, 0.717) is 12.1 Å². The molecule has 0 saturated carbocycles. The Morgan fingerprint density at radius 2 is 2.17 bits per heavy atom. The Labute approximate surface area is 111 Å². The number of nitrogens with zero attached hydrogens (tertiary/aromatic N) is 2.